The van der Waals surface area contributed by atoms with Crippen molar-refractivity contribution < 1.29 is 14.3 Å². The van der Waals surface area contributed by atoms with Crippen LogP contribution < -0.4 is 10.9 Å². The Balaban J connectivity index is 1.59. The van der Waals surface area contributed by atoms with Crippen LogP contribution >= 0.6 is 0 Å². The first-order valence-corrected chi connectivity index (χ1v) is 10.5. The van der Waals surface area contributed by atoms with Gasteiger partial charge in [-0.25, -0.2) is 4.98 Å². The highest BCUT2D eigenvalue weighted by Gasteiger charge is 2.18. The van der Waals surface area contributed by atoms with Crippen molar-refractivity contribution in [3.05, 3.63) is 40.3 Å². The minimum atomic E-state index is -0.499. The first-order chi connectivity index (χ1) is 14.1. The van der Waals surface area contributed by atoms with Crippen molar-refractivity contribution in [2.75, 3.05) is 6.61 Å². The predicted molar refractivity (Wildman–Crippen MR) is 111 cm³/mol. The molecule has 156 valence electrons. The summed E-state index contributed by atoms with van der Waals surface area (Å²) in [6.07, 6.45) is 6.30. The zero-order chi connectivity index (χ0) is 20.6. The Bertz CT molecular complexity index is 916. The lowest BCUT2D eigenvalue weighted by Crippen LogP contribution is -2.36. The van der Waals surface area contributed by atoms with Crippen LogP contribution in [0.15, 0.2) is 29.1 Å². The van der Waals surface area contributed by atoms with Gasteiger partial charge in [-0.3, -0.25) is 14.4 Å². The van der Waals surface area contributed by atoms with Gasteiger partial charge in [0.05, 0.1) is 17.5 Å². The maximum atomic E-state index is 12.8. The van der Waals surface area contributed by atoms with Gasteiger partial charge in [0.2, 0.25) is 0 Å². The second-order valence-corrected chi connectivity index (χ2v) is 7.57. The number of benzene rings is 1. The molecule has 0 saturated heterocycles. The molecule has 0 bridgehead atoms. The Hall–Kier alpha value is -2.70. The molecule has 1 saturated carbocycles. The molecule has 1 N–H and O–H groups in total. The fourth-order valence-corrected chi connectivity index (χ4v) is 3.72. The molecule has 1 heterocycles. The zero-order valence-electron chi connectivity index (χ0n) is 17.0. The topological polar surface area (TPSA) is 90.3 Å². The number of hydrogen-bond acceptors (Lipinski definition) is 5. The van der Waals surface area contributed by atoms with Crippen molar-refractivity contribution in [2.45, 2.75) is 70.9 Å². The summed E-state index contributed by atoms with van der Waals surface area (Å²) in [5.41, 5.74) is 1.74. The number of nitrogens with one attached hydrogen (secondary N) is 1. The summed E-state index contributed by atoms with van der Waals surface area (Å²) >= 11 is 0. The van der Waals surface area contributed by atoms with Gasteiger partial charge in [0.1, 0.15) is 5.69 Å². The Kier molecular flexibility index (Phi) is 7.38. The van der Waals surface area contributed by atoms with E-state index in [0.717, 1.165) is 49.6 Å². The van der Waals surface area contributed by atoms with Gasteiger partial charge in [0, 0.05) is 19.0 Å². The Labute approximate surface area is 170 Å². The van der Waals surface area contributed by atoms with Crippen LogP contribution in [-0.2, 0) is 27.3 Å². The quantitative estimate of drug-likeness (QED) is 0.655. The summed E-state index contributed by atoms with van der Waals surface area (Å²) in [6.45, 7) is 2.42. The van der Waals surface area contributed by atoms with Crippen molar-refractivity contribution in [1.29, 1.82) is 0 Å². The van der Waals surface area contributed by atoms with Gasteiger partial charge in [-0.15, -0.1) is 0 Å². The summed E-state index contributed by atoms with van der Waals surface area (Å²) in [5, 5.41) is 2.88. The number of carbonyl (C=O) groups is 2. The van der Waals surface area contributed by atoms with Gasteiger partial charge in [-0.2, -0.15) is 0 Å². The molecule has 1 amide bonds. The molecule has 2 aromatic rings. The Morgan fingerprint density at radius 3 is 2.76 bits per heavy atom. The standard InChI is InChI=1S/C22H29N3O4/c1-2-3-14-25-19-11-7-6-10-17(19)24-18(22(25)28)12-13-21(27)29-15-20(26)23-16-8-4-5-9-16/h6-7,10-11,16H,2-5,8-9,12-15H2,1H3,(H,23,26). The molecule has 0 spiro atoms. The maximum absolute atomic E-state index is 12.8. The molecule has 7 heteroatoms. The van der Waals surface area contributed by atoms with E-state index in [1.807, 2.05) is 24.3 Å². The van der Waals surface area contributed by atoms with Crippen LogP contribution in [0.1, 0.15) is 57.6 Å². The number of para-hydroxylation sites is 2. The van der Waals surface area contributed by atoms with Gasteiger partial charge in [-0.1, -0.05) is 38.3 Å². The minimum absolute atomic E-state index is 0.0189. The monoisotopic (exact) mass is 399 g/mol. The van der Waals surface area contributed by atoms with Crippen molar-refractivity contribution in [1.82, 2.24) is 14.9 Å². The number of rotatable bonds is 9. The van der Waals surface area contributed by atoms with E-state index in [1.54, 1.807) is 4.57 Å². The third-order valence-electron chi connectivity index (χ3n) is 5.31. The van der Waals surface area contributed by atoms with Gasteiger partial charge in [0.15, 0.2) is 6.61 Å². The normalized spacial score (nSPS) is 14.2. The molecule has 1 fully saturated rings. The number of hydrogen-bond donors (Lipinski definition) is 1. The van der Waals surface area contributed by atoms with Crippen LogP contribution in [0.25, 0.3) is 11.0 Å². The smallest absolute Gasteiger partial charge is 0.306 e. The van der Waals surface area contributed by atoms with Crippen molar-refractivity contribution in [2.24, 2.45) is 0 Å². The molecule has 1 aromatic heterocycles. The summed E-state index contributed by atoms with van der Waals surface area (Å²) in [4.78, 5) is 41.2. The van der Waals surface area contributed by atoms with E-state index in [2.05, 4.69) is 17.2 Å². The highest BCUT2D eigenvalue weighted by atomic mass is 16.5. The average molecular weight is 399 g/mol. The van der Waals surface area contributed by atoms with Crippen LogP contribution in [0, 0.1) is 0 Å². The number of aryl methyl sites for hydroxylation is 2. The number of ether oxygens (including phenoxy) is 1. The molecule has 1 aliphatic carbocycles. The number of fused-ring (bicyclic) bond motifs is 1. The zero-order valence-corrected chi connectivity index (χ0v) is 17.0. The molecule has 3 rings (SSSR count). The molecule has 1 aromatic carbocycles. The lowest BCUT2D eigenvalue weighted by Gasteiger charge is -2.13. The van der Waals surface area contributed by atoms with E-state index in [0.29, 0.717) is 12.2 Å². The van der Waals surface area contributed by atoms with E-state index in [4.69, 9.17) is 4.74 Å². The van der Waals surface area contributed by atoms with Gasteiger partial charge in [0.25, 0.3) is 11.5 Å². The molecule has 0 atom stereocenters. The van der Waals surface area contributed by atoms with Crippen molar-refractivity contribution in [3.8, 4) is 0 Å². The maximum Gasteiger partial charge on any atom is 0.306 e. The van der Waals surface area contributed by atoms with Crippen LogP contribution in [0.5, 0.6) is 0 Å². The van der Waals surface area contributed by atoms with Crippen LogP contribution in [0.3, 0.4) is 0 Å². The second-order valence-electron chi connectivity index (χ2n) is 7.57. The van der Waals surface area contributed by atoms with Crippen LogP contribution in [0.4, 0.5) is 0 Å². The van der Waals surface area contributed by atoms with Gasteiger partial charge in [-0.05, 0) is 31.4 Å². The molecule has 29 heavy (non-hydrogen) atoms. The van der Waals surface area contributed by atoms with E-state index in [1.165, 1.54) is 0 Å². The fraction of sp³-hybridized carbons (Fsp3) is 0.545. The highest BCUT2D eigenvalue weighted by molar-refractivity contribution is 5.80. The van der Waals surface area contributed by atoms with E-state index in [-0.39, 0.29) is 37.0 Å². The van der Waals surface area contributed by atoms with Gasteiger partial charge < -0.3 is 14.6 Å². The minimum Gasteiger partial charge on any atom is -0.456 e. The van der Waals surface area contributed by atoms with Crippen molar-refractivity contribution >= 4 is 22.9 Å². The number of unbranched alkanes of at least 4 members (excludes halogenated alkanes) is 1. The molecular weight excluding hydrogens is 370 g/mol. The lowest BCUT2D eigenvalue weighted by molar-refractivity contribution is -0.148. The predicted octanol–water partition coefficient (Wildman–Crippen LogP) is 2.73. The number of aromatic nitrogens is 2. The Morgan fingerprint density at radius 2 is 2.00 bits per heavy atom. The van der Waals surface area contributed by atoms with Crippen LogP contribution in [0.2, 0.25) is 0 Å². The molecule has 0 radical (unpaired) electrons. The largest absolute Gasteiger partial charge is 0.456 e. The first-order valence-electron chi connectivity index (χ1n) is 10.5. The SMILES string of the molecule is CCCCn1c(=O)c(CCC(=O)OCC(=O)NC2CCCC2)nc2ccccc21. The summed E-state index contributed by atoms with van der Waals surface area (Å²) < 4.78 is 6.81. The fourth-order valence-electron chi connectivity index (χ4n) is 3.72. The summed E-state index contributed by atoms with van der Waals surface area (Å²) in [7, 11) is 0. The number of carbonyl (C=O) groups excluding carboxylic acids is 2. The molecule has 1 aliphatic rings. The molecule has 0 unspecified atom stereocenters. The number of amides is 1. The number of esters is 1. The van der Waals surface area contributed by atoms with Gasteiger partial charge >= 0.3 is 5.97 Å². The second kappa shape index (κ2) is 10.2. The van der Waals surface area contributed by atoms with E-state index >= 15 is 0 Å². The third kappa shape index (κ3) is 5.65. The Morgan fingerprint density at radius 1 is 1.24 bits per heavy atom. The van der Waals surface area contributed by atoms with E-state index < -0.39 is 5.97 Å². The first kappa shape index (κ1) is 21.0. The number of nitrogens with zero attached hydrogens (tertiary/aromatic N) is 2. The average Bonchev–Trinajstić information content (AvgIpc) is 3.23. The van der Waals surface area contributed by atoms with Crippen LogP contribution in [-0.4, -0.2) is 34.1 Å². The molecule has 0 aliphatic heterocycles. The summed E-state index contributed by atoms with van der Waals surface area (Å²) in [6, 6.07) is 7.72. The van der Waals surface area contributed by atoms with Crippen molar-refractivity contribution in [3.63, 3.8) is 0 Å². The molecule has 7 nitrogen and oxygen atoms in total. The highest BCUT2D eigenvalue weighted by Crippen LogP contribution is 2.17. The lowest BCUT2D eigenvalue weighted by atomic mass is 10.2. The third-order valence-corrected chi connectivity index (χ3v) is 5.31. The summed E-state index contributed by atoms with van der Waals surface area (Å²) in [5.74, 6) is -0.767. The van der Waals surface area contributed by atoms with E-state index in [9.17, 15) is 14.4 Å². The molecular formula is C22H29N3O4.